The molecule has 0 bridgehead atoms. The summed E-state index contributed by atoms with van der Waals surface area (Å²) in [7, 11) is 0. The number of thiazole rings is 1. The molecule has 1 aromatic carbocycles. The van der Waals surface area contributed by atoms with Crippen molar-refractivity contribution in [3.63, 3.8) is 0 Å². The fourth-order valence-electron chi connectivity index (χ4n) is 3.09. The second kappa shape index (κ2) is 6.75. The van der Waals surface area contributed by atoms with Crippen molar-refractivity contribution < 1.29 is 14.3 Å². The number of carbonyl (C=O) groups excluding carboxylic acids is 1. The number of hydrogen-bond acceptors (Lipinski definition) is 5. The summed E-state index contributed by atoms with van der Waals surface area (Å²) in [6.45, 7) is 0.254. The summed E-state index contributed by atoms with van der Waals surface area (Å²) in [6.07, 6.45) is 3.15. The molecule has 0 saturated heterocycles. The molecule has 3 heterocycles. The molecule has 3 N–H and O–H groups in total. The summed E-state index contributed by atoms with van der Waals surface area (Å²) in [4.78, 5) is 24.3. The highest BCUT2D eigenvalue weighted by atomic mass is 32.1. The van der Waals surface area contributed by atoms with Crippen molar-refractivity contribution in [2.45, 2.75) is 18.4 Å². The summed E-state index contributed by atoms with van der Waals surface area (Å²) in [6, 6.07) is 10.2. The minimum atomic E-state index is -0.735. The van der Waals surface area contributed by atoms with E-state index in [4.69, 9.17) is 0 Å². The van der Waals surface area contributed by atoms with Crippen LogP contribution in [0, 0.1) is 5.82 Å². The van der Waals surface area contributed by atoms with Crippen LogP contribution in [0.4, 0.5) is 4.39 Å². The number of H-pyrrole nitrogens is 1. The SMILES string of the molecule is O=C(NCC1(O)CC1)c1nc(-c2cnc3[nH]c(-c4ccc(F)cc4)cc3c2)cs1. The van der Waals surface area contributed by atoms with Gasteiger partial charge < -0.3 is 15.4 Å². The Hall–Kier alpha value is -3.10. The van der Waals surface area contributed by atoms with Crippen molar-refractivity contribution in [3.8, 4) is 22.5 Å². The maximum atomic E-state index is 13.1. The van der Waals surface area contributed by atoms with E-state index < -0.39 is 5.60 Å². The molecule has 1 amide bonds. The van der Waals surface area contributed by atoms with E-state index in [1.807, 2.05) is 17.5 Å². The third kappa shape index (κ3) is 3.64. The first-order valence-electron chi connectivity index (χ1n) is 9.20. The first-order chi connectivity index (χ1) is 14.0. The number of aromatic amines is 1. The Bertz CT molecular complexity index is 1210. The van der Waals surface area contributed by atoms with Gasteiger partial charge in [0.15, 0.2) is 5.01 Å². The van der Waals surface area contributed by atoms with Crippen molar-refractivity contribution in [3.05, 3.63) is 58.8 Å². The van der Waals surface area contributed by atoms with Crippen LogP contribution in [0.15, 0.2) is 48.0 Å². The number of pyridine rings is 1. The van der Waals surface area contributed by atoms with E-state index in [0.29, 0.717) is 10.7 Å². The summed E-state index contributed by atoms with van der Waals surface area (Å²) in [5, 5.41) is 15.6. The number of hydrogen-bond donors (Lipinski definition) is 3. The first kappa shape index (κ1) is 18.0. The summed E-state index contributed by atoms with van der Waals surface area (Å²) in [5.41, 5.74) is 3.18. The smallest absolute Gasteiger partial charge is 0.280 e. The minimum Gasteiger partial charge on any atom is -0.388 e. The molecule has 29 heavy (non-hydrogen) atoms. The Morgan fingerprint density at radius 3 is 2.79 bits per heavy atom. The van der Waals surface area contributed by atoms with E-state index in [0.717, 1.165) is 40.7 Å². The third-order valence-corrected chi connectivity index (χ3v) is 5.87. The van der Waals surface area contributed by atoms with Crippen LogP contribution < -0.4 is 5.32 Å². The fourth-order valence-corrected chi connectivity index (χ4v) is 3.83. The van der Waals surface area contributed by atoms with Crippen molar-refractivity contribution >= 4 is 28.3 Å². The van der Waals surface area contributed by atoms with E-state index in [2.05, 4.69) is 20.3 Å². The Labute approximate surface area is 169 Å². The molecule has 8 heteroatoms. The number of aliphatic hydroxyl groups is 1. The molecule has 0 aliphatic heterocycles. The lowest BCUT2D eigenvalue weighted by Gasteiger charge is -2.07. The molecule has 0 radical (unpaired) electrons. The second-order valence-corrected chi connectivity index (χ2v) is 8.15. The second-order valence-electron chi connectivity index (χ2n) is 7.30. The van der Waals surface area contributed by atoms with Gasteiger partial charge in [-0.3, -0.25) is 4.79 Å². The van der Waals surface area contributed by atoms with Gasteiger partial charge in [0, 0.05) is 34.8 Å². The lowest BCUT2D eigenvalue weighted by atomic mass is 10.1. The number of rotatable bonds is 5. The van der Waals surface area contributed by atoms with Crippen molar-refractivity contribution in [1.29, 1.82) is 0 Å². The molecule has 1 aliphatic carbocycles. The molecule has 146 valence electrons. The highest BCUT2D eigenvalue weighted by Crippen LogP contribution is 2.34. The van der Waals surface area contributed by atoms with Crippen LogP contribution in [0.5, 0.6) is 0 Å². The van der Waals surface area contributed by atoms with E-state index in [9.17, 15) is 14.3 Å². The largest absolute Gasteiger partial charge is 0.388 e. The number of aromatic nitrogens is 3. The van der Waals surface area contributed by atoms with Gasteiger partial charge in [-0.05, 0) is 54.8 Å². The van der Waals surface area contributed by atoms with Crippen LogP contribution >= 0.6 is 11.3 Å². The summed E-state index contributed by atoms with van der Waals surface area (Å²) >= 11 is 1.26. The monoisotopic (exact) mass is 408 g/mol. The molecule has 0 unspecified atom stereocenters. The van der Waals surface area contributed by atoms with Crippen LogP contribution in [0.2, 0.25) is 0 Å². The quantitative estimate of drug-likeness (QED) is 0.469. The topological polar surface area (TPSA) is 90.9 Å². The lowest BCUT2D eigenvalue weighted by molar-refractivity contribution is 0.0896. The van der Waals surface area contributed by atoms with Gasteiger partial charge in [-0.15, -0.1) is 11.3 Å². The first-order valence-corrected chi connectivity index (χ1v) is 10.1. The molecule has 6 nitrogen and oxygen atoms in total. The van der Waals surface area contributed by atoms with E-state index in [1.165, 1.54) is 23.5 Å². The van der Waals surface area contributed by atoms with E-state index >= 15 is 0 Å². The number of carbonyl (C=O) groups is 1. The Balaban J connectivity index is 1.38. The van der Waals surface area contributed by atoms with Crippen molar-refractivity contribution in [2.75, 3.05) is 6.54 Å². The summed E-state index contributed by atoms with van der Waals surface area (Å²) in [5.74, 6) is -0.559. The zero-order chi connectivity index (χ0) is 20.0. The number of halogens is 1. The molecule has 5 rings (SSSR count). The van der Waals surface area contributed by atoms with E-state index in [-0.39, 0.29) is 18.3 Å². The number of benzene rings is 1. The number of nitrogens with one attached hydrogen (secondary N) is 2. The molecular weight excluding hydrogens is 391 g/mol. The van der Waals surface area contributed by atoms with Crippen LogP contribution in [0.25, 0.3) is 33.5 Å². The summed E-state index contributed by atoms with van der Waals surface area (Å²) < 4.78 is 13.1. The highest BCUT2D eigenvalue weighted by molar-refractivity contribution is 7.12. The maximum absolute atomic E-state index is 13.1. The number of amides is 1. The zero-order valence-electron chi connectivity index (χ0n) is 15.3. The molecule has 4 aromatic rings. The van der Waals surface area contributed by atoms with Crippen LogP contribution in [0.3, 0.4) is 0 Å². The highest BCUT2D eigenvalue weighted by Gasteiger charge is 2.40. The predicted octanol–water partition coefficient (Wildman–Crippen LogP) is 3.75. The molecule has 1 fully saturated rings. The Morgan fingerprint density at radius 2 is 2.03 bits per heavy atom. The van der Waals surface area contributed by atoms with Gasteiger partial charge in [0.05, 0.1) is 11.3 Å². The van der Waals surface area contributed by atoms with Crippen molar-refractivity contribution in [1.82, 2.24) is 20.3 Å². The van der Waals surface area contributed by atoms with Crippen LogP contribution in [-0.4, -0.2) is 38.1 Å². The molecule has 0 spiro atoms. The Morgan fingerprint density at radius 1 is 1.24 bits per heavy atom. The van der Waals surface area contributed by atoms with Gasteiger partial charge in [0.2, 0.25) is 0 Å². The number of fused-ring (bicyclic) bond motifs is 1. The van der Waals surface area contributed by atoms with E-state index in [1.54, 1.807) is 18.3 Å². The average Bonchev–Trinajstić information content (AvgIpc) is 3.12. The molecule has 3 aromatic heterocycles. The van der Waals surface area contributed by atoms with Gasteiger partial charge in [-0.1, -0.05) is 0 Å². The molecule has 0 atom stereocenters. The Kier molecular flexibility index (Phi) is 4.18. The molecule has 1 aliphatic rings. The van der Waals surface area contributed by atoms with Gasteiger partial charge in [-0.2, -0.15) is 0 Å². The predicted molar refractivity (Wildman–Crippen MR) is 109 cm³/mol. The maximum Gasteiger partial charge on any atom is 0.280 e. The standard InChI is InChI=1S/C21H17FN4O2S/c22-15-3-1-12(2-4-15)16-8-13-7-14(9-23-18(13)25-16)17-10-29-20(26-17)19(27)24-11-21(28)5-6-21/h1-4,7-10,28H,5-6,11H2,(H,23,25)(H,24,27). The normalized spacial score (nSPS) is 14.8. The fraction of sp³-hybridized carbons (Fsp3) is 0.190. The van der Waals surface area contributed by atoms with Gasteiger partial charge >= 0.3 is 0 Å². The third-order valence-electron chi connectivity index (χ3n) is 5.02. The minimum absolute atomic E-state index is 0.254. The van der Waals surface area contributed by atoms with Crippen molar-refractivity contribution in [2.24, 2.45) is 0 Å². The zero-order valence-corrected chi connectivity index (χ0v) is 16.1. The molecular formula is C21H17FN4O2S. The van der Waals surface area contributed by atoms with Crippen LogP contribution in [-0.2, 0) is 0 Å². The average molecular weight is 408 g/mol. The van der Waals surface area contributed by atoms with Gasteiger partial charge in [-0.25, -0.2) is 14.4 Å². The lowest BCUT2D eigenvalue weighted by Crippen LogP contribution is -2.33. The number of nitrogens with zero attached hydrogens (tertiary/aromatic N) is 2. The van der Waals surface area contributed by atoms with Gasteiger partial charge in [0.1, 0.15) is 11.5 Å². The molecule has 1 saturated carbocycles. The van der Waals surface area contributed by atoms with Crippen LogP contribution in [0.1, 0.15) is 22.6 Å². The van der Waals surface area contributed by atoms with Gasteiger partial charge in [0.25, 0.3) is 5.91 Å².